The third-order valence-corrected chi connectivity index (χ3v) is 8.82. The molecular formula is C35H67NO10. The van der Waals surface area contributed by atoms with Crippen LogP contribution in [0, 0.1) is 0 Å². The third-order valence-electron chi connectivity index (χ3n) is 8.82. The number of aliphatic hydroxyl groups excluding tert-OH is 7. The second-order valence-corrected chi connectivity index (χ2v) is 12.9. The van der Waals surface area contributed by atoms with Crippen molar-refractivity contribution in [3.05, 3.63) is 12.2 Å². The number of allylic oxidation sites excluding steroid dienone is 2. The van der Waals surface area contributed by atoms with Crippen LogP contribution < -0.4 is 5.32 Å². The van der Waals surface area contributed by atoms with Crippen LogP contribution in [0.4, 0.5) is 0 Å². The zero-order valence-electron chi connectivity index (χ0n) is 28.6. The van der Waals surface area contributed by atoms with E-state index in [2.05, 4.69) is 25.2 Å². The quantitative estimate of drug-likeness (QED) is 0.0456. The fraction of sp³-hybridized carbons (Fsp3) is 0.914. The first-order valence-electron chi connectivity index (χ1n) is 18.1. The first-order chi connectivity index (χ1) is 22.2. The van der Waals surface area contributed by atoms with Gasteiger partial charge in [-0.2, -0.15) is 0 Å². The van der Waals surface area contributed by atoms with Gasteiger partial charge in [0, 0.05) is 0 Å². The van der Waals surface area contributed by atoms with E-state index >= 15 is 0 Å². The lowest BCUT2D eigenvalue weighted by Crippen LogP contribution is -2.60. The van der Waals surface area contributed by atoms with Gasteiger partial charge in [0.25, 0.3) is 0 Å². The van der Waals surface area contributed by atoms with Crippen molar-refractivity contribution in [1.29, 1.82) is 0 Å². The molecule has 0 saturated carbocycles. The van der Waals surface area contributed by atoms with E-state index in [-0.39, 0.29) is 12.8 Å². The molecule has 0 spiro atoms. The van der Waals surface area contributed by atoms with Gasteiger partial charge in [0.15, 0.2) is 6.29 Å². The van der Waals surface area contributed by atoms with Gasteiger partial charge in [0.2, 0.25) is 5.91 Å². The predicted octanol–water partition coefficient (Wildman–Crippen LogP) is 3.38. The third kappa shape index (κ3) is 17.8. The highest BCUT2D eigenvalue weighted by atomic mass is 16.7. The Hall–Kier alpha value is -1.15. The molecule has 1 aliphatic rings. The van der Waals surface area contributed by atoms with Crippen molar-refractivity contribution in [2.75, 3.05) is 13.2 Å². The Morgan fingerprint density at radius 3 is 1.85 bits per heavy atom. The number of ether oxygens (including phenoxy) is 2. The van der Waals surface area contributed by atoms with Crippen LogP contribution in [0.1, 0.15) is 136 Å². The Morgan fingerprint density at radius 2 is 1.28 bits per heavy atom. The number of hydrogen-bond donors (Lipinski definition) is 8. The molecule has 0 aromatic carbocycles. The minimum Gasteiger partial charge on any atom is -0.394 e. The molecule has 0 aromatic heterocycles. The highest BCUT2D eigenvalue weighted by molar-refractivity contribution is 5.80. The van der Waals surface area contributed by atoms with Crippen LogP contribution in [0.5, 0.6) is 0 Å². The highest BCUT2D eigenvalue weighted by Crippen LogP contribution is 2.23. The SMILES string of the molecule is CCCC/C=C/CCCC(O)C(O)C(COC1OC(CO)C(O)C(O)C1O)NC(=O)C(O)CCCCCCCCCCCCCC. The molecular weight excluding hydrogens is 594 g/mol. The van der Waals surface area contributed by atoms with Crippen molar-refractivity contribution >= 4 is 5.91 Å². The molecule has 9 atom stereocenters. The van der Waals surface area contributed by atoms with Crippen LogP contribution >= 0.6 is 0 Å². The van der Waals surface area contributed by atoms with Crippen LogP contribution in [0.25, 0.3) is 0 Å². The Morgan fingerprint density at radius 1 is 0.739 bits per heavy atom. The zero-order valence-corrected chi connectivity index (χ0v) is 28.6. The lowest BCUT2D eigenvalue weighted by atomic mass is 9.98. The van der Waals surface area contributed by atoms with Gasteiger partial charge in [-0.1, -0.05) is 116 Å². The predicted molar refractivity (Wildman–Crippen MR) is 178 cm³/mol. The second kappa shape index (κ2) is 26.8. The molecule has 1 saturated heterocycles. The first kappa shape index (κ1) is 42.9. The van der Waals surface area contributed by atoms with Crippen LogP contribution in [-0.2, 0) is 14.3 Å². The molecule has 0 bridgehead atoms. The van der Waals surface area contributed by atoms with Crippen molar-refractivity contribution in [1.82, 2.24) is 5.32 Å². The fourth-order valence-electron chi connectivity index (χ4n) is 5.66. The average Bonchev–Trinajstić information content (AvgIpc) is 3.05. The molecule has 11 heteroatoms. The number of aliphatic hydroxyl groups is 7. The molecule has 1 amide bonds. The molecule has 0 radical (unpaired) electrons. The van der Waals surface area contributed by atoms with Crippen LogP contribution in [0.2, 0.25) is 0 Å². The summed E-state index contributed by atoms with van der Waals surface area (Å²) in [5.74, 6) is -0.712. The van der Waals surface area contributed by atoms with Gasteiger partial charge in [0.1, 0.15) is 36.6 Å². The molecule has 1 aliphatic heterocycles. The monoisotopic (exact) mass is 661 g/mol. The van der Waals surface area contributed by atoms with Gasteiger partial charge in [-0.25, -0.2) is 0 Å². The summed E-state index contributed by atoms with van der Waals surface area (Å²) in [7, 11) is 0. The van der Waals surface area contributed by atoms with E-state index in [4.69, 9.17) is 9.47 Å². The minimum atomic E-state index is -1.66. The maximum Gasteiger partial charge on any atom is 0.249 e. The summed E-state index contributed by atoms with van der Waals surface area (Å²) >= 11 is 0. The molecule has 9 unspecified atom stereocenters. The van der Waals surface area contributed by atoms with E-state index < -0.39 is 74.2 Å². The standard InChI is InChI=1S/C35H67NO10/c1-3-5-7-9-11-12-13-14-15-17-19-21-23-28(39)34(44)36-26(30(40)27(38)22-20-18-16-10-8-6-4-2)25-45-35-33(43)32(42)31(41)29(24-37)46-35/h10,16,26-33,35,37-43H,3-9,11-15,17-25H2,1-2H3,(H,36,44)/b16-10+. The molecule has 11 nitrogen and oxygen atoms in total. The van der Waals surface area contributed by atoms with E-state index in [9.17, 15) is 40.5 Å². The van der Waals surface area contributed by atoms with E-state index in [1.165, 1.54) is 51.4 Å². The summed E-state index contributed by atoms with van der Waals surface area (Å²) in [5.41, 5.74) is 0. The number of rotatable bonds is 28. The van der Waals surface area contributed by atoms with Crippen molar-refractivity contribution in [2.45, 2.75) is 191 Å². The minimum absolute atomic E-state index is 0.257. The van der Waals surface area contributed by atoms with Gasteiger partial charge in [-0.3, -0.25) is 4.79 Å². The molecule has 0 aromatic rings. The van der Waals surface area contributed by atoms with Crippen LogP contribution in [0.15, 0.2) is 12.2 Å². The average molecular weight is 662 g/mol. The smallest absolute Gasteiger partial charge is 0.249 e. The van der Waals surface area contributed by atoms with Crippen molar-refractivity contribution in [3.63, 3.8) is 0 Å². The molecule has 272 valence electrons. The number of hydrogen-bond acceptors (Lipinski definition) is 10. The van der Waals surface area contributed by atoms with Crippen molar-refractivity contribution in [3.8, 4) is 0 Å². The first-order valence-corrected chi connectivity index (χ1v) is 18.1. The van der Waals surface area contributed by atoms with Gasteiger partial charge in [-0.15, -0.1) is 0 Å². The molecule has 46 heavy (non-hydrogen) atoms. The zero-order chi connectivity index (χ0) is 34.2. The number of amides is 1. The summed E-state index contributed by atoms with van der Waals surface area (Å²) in [6.45, 7) is 3.28. The molecule has 1 heterocycles. The Balaban J connectivity index is 2.60. The fourth-order valence-corrected chi connectivity index (χ4v) is 5.66. The van der Waals surface area contributed by atoms with E-state index in [0.717, 1.165) is 44.9 Å². The van der Waals surface area contributed by atoms with E-state index in [0.29, 0.717) is 12.8 Å². The molecule has 0 aliphatic carbocycles. The van der Waals surface area contributed by atoms with E-state index in [1.54, 1.807) is 0 Å². The maximum absolute atomic E-state index is 12.9. The highest BCUT2D eigenvalue weighted by Gasteiger charge is 2.44. The Kier molecular flexibility index (Phi) is 24.9. The van der Waals surface area contributed by atoms with Crippen LogP contribution in [0.3, 0.4) is 0 Å². The number of carbonyl (C=O) groups excluding carboxylic acids is 1. The normalized spacial score (nSPS) is 24.6. The summed E-state index contributed by atoms with van der Waals surface area (Å²) in [6, 6.07) is -1.17. The largest absolute Gasteiger partial charge is 0.394 e. The molecule has 1 fully saturated rings. The van der Waals surface area contributed by atoms with Gasteiger partial charge >= 0.3 is 0 Å². The lowest BCUT2D eigenvalue weighted by Gasteiger charge is -2.40. The summed E-state index contributed by atoms with van der Waals surface area (Å²) in [4.78, 5) is 12.9. The maximum atomic E-state index is 12.9. The number of carbonyl (C=O) groups is 1. The molecule has 8 N–H and O–H groups in total. The summed E-state index contributed by atoms with van der Waals surface area (Å²) < 4.78 is 11.0. The van der Waals surface area contributed by atoms with Crippen molar-refractivity contribution < 1.29 is 50.0 Å². The topological polar surface area (TPSA) is 189 Å². The van der Waals surface area contributed by atoms with Gasteiger partial charge < -0.3 is 50.5 Å². The van der Waals surface area contributed by atoms with Crippen LogP contribution in [-0.4, -0.2) is 110 Å². The summed E-state index contributed by atoms with van der Waals surface area (Å²) in [5, 5.41) is 74.7. The van der Waals surface area contributed by atoms with Crippen molar-refractivity contribution in [2.24, 2.45) is 0 Å². The van der Waals surface area contributed by atoms with Gasteiger partial charge in [-0.05, 0) is 32.1 Å². The lowest BCUT2D eigenvalue weighted by molar-refractivity contribution is -0.303. The number of unbranched alkanes of at least 4 members (excludes halogenated alkanes) is 14. The number of nitrogens with one attached hydrogen (secondary N) is 1. The Labute approximate surface area is 277 Å². The Bertz CT molecular complexity index is 770. The van der Waals surface area contributed by atoms with E-state index in [1.807, 2.05) is 6.08 Å². The summed E-state index contributed by atoms with van der Waals surface area (Å²) in [6.07, 6.45) is 11.7. The second-order valence-electron chi connectivity index (χ2n) is 12.9. The molecule has 1 rings (SSSR count). The van der Waals surface area contributed by atoms with Gasteiger partial charge in [0.05, 0.1) is 25.4 Å².